The first-order chi connectivity index (χ1) is 15.8. The lowest BCUT2D eigenvalue weighted by Gasteiger charge is -2.10. The van der Waals surface area contributed by atoms with E-state index in [4.69, 9.17) is 4.74 Å². The first-order valence-corrected chi connectivity index (χ1v) is 10.3. The molecule has 0 fully saturated rings. The van der Waals surface area contributed by atoms with Crippen molar-refractivity contribution in [3.05, 3.63) is 102 Å². The summed E-state index contributed by atoms with van der Waals surface area (Å²) in [4.78, 5) is 8.60. The summed E-state index contributed by atoms with van der Waals surface area (Å²) in [6.07, 6.45) is 1.22. The van der Waals surface area contributed by atoms with Gasteiger partial charge in [-0.1, -0.05) is 49.1 Å². The Bertz CT molecular complexity index is 1270. The summed E-state index contributed by atoms with van der Waals surface area (Å²) < 4.78 is 58.6. The lowest BCUT2D eigenvalue weighted by Crippen LogP contribution is -2.04. The second-order valence-electron chi connectivity index (χ2n) is 7.51. The number of hydrogen-bond donors (Lipinski definition) is 0. The number of halogens is 4. The maximum atomic E-state index is 15.1. The van der Waals surface area contributed by atoms with Gasteiger partial charge in [0.15, 0.2) is 11.6 Å². The summed E-state index contributed by atoms with van der Waals surface area (Å²) in [5, 5.41) is 1.17. The van der Waals surface area contributed by atoms with E-state index in [1.165, 1.54) is 12.1 Å². The number of benzene rings is 3. The number of ether oxygens (including phenoxy) is 1. The number of fused-ring (bicyclic) bond motifs is 1. The van der Waals surface area contributed by atoms with Gasteiger partial charge in [0.25, 0.3) is 0 Å². The molecule has 0 bridgehead atoms. The van der Waals surface area contributed by atoms with Crippen molar-refractivity contribution in [1.82, 2.24) is 9.97 Å². The van der Waals surface area contributed by atoms with E-state index in [1.54, 1.807) is 36.7 Å². The molecular formula is C26H20F4N2O. The molecule has 168 valence electrons. The zero-order valence-corrected chi connectivity index (χ0v) is 17.6. The molecule has 0 saturated heterocycles. The highest BCUT2D eigenvalue weighted by atomic mass is 19.4. The zero-order valence-electron chi connectivity index (χ0n) is 17.6. The molecule has 3 aromatic carbocycles. The molecule has 4 rings (SSSR count). The fraction of sp³-hybridized carbons (Fsp3) is 0.154. The molecule has 3 nitrogen and oxygen atoms in total. The quantitative estimate of drug-likeness (QED) is 0.228. The number of rotatable bonds is 7. The minimum atomic E-state index is -4.37. The Balaban J connectivity index is 1.50. The van der Waals surface area contributed by atoms with Gasteiger partial charge in [0.1, 0.15) is 12.4 Å². The molecule has 0 unspecified atom stereocenters. The highest BCUT2D eigenvalue weighted by molar-refractivity contribution is 5.87. The second-order valence-corrected chi connectivity index (χ2v) is 7.51. The average molecular weight is 452 g/mol. The van der Waals surface area contributed by atoms with Crippen molar-refractivity contribution in [2.45, 2.75) is 19.0 Å². The molecular weight excluding hydrogens is 432 g/mol. The molecule has 0 aliphatic rings. The summed E-state index contributed by atoms with van der Waals surface area (Å²) in [7, 11) is 0. The SMILES string of the molecule is C=CCOc1cnc(-c2ccc3c(F)c(CCc4ccc(C(F)(F)F)cc4)ccc3c2)nc1. The molecule has 0 radical (unpaired) electrons. The number of aryl methyl sites for hydroxylation is 2. The van der Waals surface area contributed by atoms with Gasteiger partial charge in [0, 0.05) is 10.9 Å². The molecule has 1 heterocycles. The lowest BCUT2D eigenvalue weighted by atomic mass is 9.98. The number of alkyl halides is 3. The standard InChI is InChI=1S/C26H20F4N2O/c1-2-13-33-22-15-31-25(32-16-22)20-9-12-23-19(14-20)8-7-18(24(23)27)6-3-17-4-10-21(11-5-17)26(28,29)30/h2,4-5,7-12,14-16H,1,3,6,13H2. The van der Waals surface area contributed by atoms with Crippen LogP contribution in [0.1, 0.15) is 16.7 Å². The molecule has 1 aromatic heterocycles. The highest BCUT2D eigenvalue weighted by Crippen LogP contribution is 2.30. The summed E-state index contributed by atoms with van der Waals surface area (Å²) in [5.74, 6) is 0.692. The first-order valence-electron chi connectivity index (χ1n) is 10.3. The van der Waals surface area contributed by atoms with E-state index in [1.807, 2.05) is 12.1 Å². The van der Waals surface area contributed by atoms with Gasteiger partial charge in [0.2, 0.25) is 0 Å². The van der Waals surface area contributed by atoms with Gasteiger partial charge in [-0.2, -0.15) is 13.2 Å². The normalized spacial score (nSPS) is 11.5. The summed E-state index contributed by atoms with van der Waals surface area (Å²) in [6.45, 7) is 3.95. The molecule has 4 aromatic rings. The fourth-order valence-corrected chi connectivity index (χ4v) is 3.50. The van der Waals surface area contributed by atoms with E-state index in [0.717, 1.165) is 23.3 Å². The number of nitrogens with zero attached hydrogens (tertiary/aromatic N) is 2. The monoisotopic (exact) mass is 452 g/mol. The Kier molecular flexibility index (Phi) is 6.40. The molecule has 0 N–H and O–H groups in total. The van der Waals surface area contributed by atoms with Crippen LogP contribution in [0.3, 0.4) is 0 Å². The fourth-order valence-electron chi connectivity index (χ4n) is 3.50. The van der Waals surface area contributed by atoms with Crippen molar-refractivity contribution in [3.8, 4) is 17.1 Å². The van der Waals surface area contributed by atoms with Gasteiger partial charge in [-0.05, 0) is 47.6 Å². The molecule has 0 aliphatic carbocycles. The van der Waals surface area contributed by atoms with Gasteiger partial charge in [-0.25, -0.2) is 14.4 Å². The van der Waals surface area contributed by atoms with E-state index < -0.39 is 11.7 Å². The van der Waals surface area contributed by atoms with E-state index in [-0.39, 0.29) is 5.82 Å². The zero-order chi connectivity index (χ0) is 23.4. The second kappa shape index (κ2) is 9.40. The Morgan fingerprint density at radius 2 is 1.64 bits per heavy atom. The van der Waals surface area contributed by atoms with Crippen molar-refractivity contribution in [2.75, 3.05) is 6.61 Å². The topological polar surface area (TPSA) is 35.0 Å². The van der Waals surface area contributed by atoms with Crippen LogP contribution in [-0.4, -0.2) is 16.6 Å². The molecule has 0 spiro atoms. The molecule has 33 heavy (non-hydrogen) atoms. The molecule has 0 atom stereocenters. The maximum absolute atomic E-state index is 15.1. The van der Waals surface area contributed by atoms with E-state index in [9.17, 15) is 13.2 Å². The first kappa shape index (κ1) is 22.5. The van der Waals surface area contributed by atoms with Crippen molar-refractivity contribution >= 4 is 10.8 Å². The van der Waals surface area contributed by atoms with Crippen LogP contribution < -0.4 is 4.74 Å². The van der Waals surface area contributed by atoms with Crippen LogP contribution in [-0.2, 0) is 19.0 Å². The maximum Gasteiger partial charge on any atom is 0.416 e. The third-order valence-corrected chi connectivity index (χ3v) is 5.25. The van der Waals surface area contributed by atoms with Gasteiger partial charge < -0.3 is 4.74 Å². The van der Waals surface area contributed by atoms with Crippen LogP contribution in [0, 0.1) is 5.82 Å². The molecule has 0 saturated carbocycles. The minimum Gasteiger partial charge on any atom is -0.486 e. The molecule has 0 aliphatic heterocycles. The Morgan fingerprint density at radius 1 is 0.909 bits per heavy atom. The Hall–Kier alpha value is -3.74. The minimum absolute atomic E-state index is 0.333. The third kappa shape index (κ3) is 5.19. The van der Waals surface area contributed by atoms with Gasteiger partial charge in [0.05, 0.1) is 18.0 Å². The van der Waals surface area contributed by atoms with Crippen LogP contribution in [0.15, 0.2) is 79.6 Å². The Labute approximate surface area is 188 Å². The number of aromatic nitrogens is 2. The summed E-state index contributed by atoms with van der Waals surface area (Å²) in [5.41, 5.74) is 1.28. The van der Waals surface area contributed by atoms with Crippen LogP contribution >= 0.6 is 0 Å². The lowest BCUT2D eigenvalue weighted by molar-refractivity contribution is -0.137. The average Bonchev–Trinajstić information content (AvgIpc) is 2.82. The van der Waals surface area contributed by atoms with Crippen molar-refractivity contribution in [1.29, 1.82) is 0 Å². The van der Waals surface area contributed by atoms with Gasteiger partial charge in [-0.15, -0.1) is 0 Å². The summed E-state index contributed by atoms with van der Waals surface area (Å²) in [6, 6.07) is 13.8. The molecule has 7 heteroatoms. The van der Waals surface area contributed by atoms with E-state index in [0.29, 0.717) is 47.4 Å². The van der Waals surface area contributed by atoms with Crippen LogP contribution in [0.5, 0.6) is 5.75 Å². The molecule has 0 amide bonds. The summed E-state index contributed by atoms with van der Waals surface area (Å²) >= 11 is 0. The predicted octanol–water partition coefficient (Wildman–Crippen LogP) is 6.80. The van der Waals surface area contributed by atoms with Crippen molar-refractivity contribution < 1.29 is 22.3 Å². The van der Waals surface area contributed by atoms with Crippen molar-refractivity contribution in [3.63, 3.8) is 0 Å². The smallest absolute Gasteiger partial charge is 0.416 e. The predicted molar refractivity (Wildman–Crippen MR) is 119 cm³/mol. The third-order valence-electron chi connectivity index (χ3n) is 5.25. The van der Waals surface area contributed by atoms with Crippen LogP contribution in [0.2, 0.25) is 0 Å². The number of hydrogen-bond acceptors (Lipinski definition) is 3. The van der Waals surface area contributed by atoms with Crippen molar-refractivity contribution in [2.24, 2.45) is 0 Å². The van der Waals surface area contributed by atoms with E-state index in [2.05, 4.69) is 16.5 Å². The highest BCUT2D eigenvalue weighted by Gasteiger charge is 2.29. The Morgan fingerprint density at radius 3 is 2.30 bits per heavy atom. The van der Waals surface area contributed by atoms with Gasteiger partial charge >= 0.3 is 6.18 Å². The largest absolute Gasteiger partial charge is 0.486 e. The van der Waals surface area contributed by atoms with Gasteiger partial charge in [-0.3, -0.25) is 0 Å². The van der Waals surface area contributed by atoms with Crippen LogP contribution in [0.4, 0.5) is 17.6 Å². The van der Waals surface area contributed by atoms with Crippen LogP contribution in [0.25, 0.3) is 22.2 Å². The van der Waals surface area contributed by atoms with E-state index >= 15 is 4.39 Å².